The fraction of sp³-hybridized carbons (Fsp3) is 0.105. The Bertz CT molecular complexity index is 973. The van der Waals surface area contributed by atoms with E-state index in [-0.39, 0.29) is 17.8 Å². The molecule has 0 N–H and O–H groups in total. The molecule has 0 unspecified atom stereocenters. The van der Waals surface area contributed by atoms with Crippen molar-refractivity contribution in [2.75, 3.05) is 0 Å². The quantitative estimate of drug-likeness (QED) is 0.517. The molecule has 0 spiro atoms. The molecule has 7 heteroatoms. The summed E-state index contributed by atoms with van der Waals surface area (Å²) in [7, 11) is 0. The van der Waals surface area contributed by atoms with Crippen LogP contribution < -0.4 is 5.56 Å². The van der Waals surface area contributed by atoms with Gasteiger partial charge in [0.25, 0.3) is 5.56 Å². The van der Waals surface area contributed by atoms with E-state index in [0.29, 0.717) is 10.3 Å². The van der Waals surface area contributed by atoms with Crippen molar-refractivity contribution in [1.29, 1.82) is 0 Å². The SMILES string of the molecule is O=C(Cn1c(-c2ccccc2)c(Br)nc(Br)c1=O)OCc1ccccc1. The zero-order valence-electron chi connectivity index (χ0n) is 13.6. The maximum atomic E-state index is 12.5. The van der Waals surface area contributed by atoms with Crippen LogP contribution in [-0.2, 0) is 22.7 Å². The number of nitrogens with zero attached hydrogens (tertiary/aromatic N) is 2. The van der Waals surface area contributed by atoms with Gasteiger partial charge in [0.1, 0.15) is 17.8 Å². The van der Waals surface area contributed by atoms with Gasteiger partial charge in [-0.15, -0.1) is 0 Å². The molecule has 0 aliphatic heterocycles. The first kappa shape index (κ1) is 18.5. The molecule has 0 saturated carbocycles. The third-order valence-electron chi connectivity index (χ3n) is 3.66. The third-order valence-corrected chi connectivity index (χ3v) is 4.73. The van der Waals surface area contributed by atoms with Gasteiger partial charge in [0.2, 0.25) is 0 Å². The highest BCUT2D eigenvalue weighted by Gasteiger charge is 2.18. The standard InChI is InChI=1S/C19H14Br2N2O3/c20-17-16(14-9-5-2-6-10-14)23(19(25)18(21)22-17)11-15(24)26-12-13-7-3-1-4-8-13/h1-10H,11-12H2. The summed E-state index contributed by atoms with van der Waals surface area (Å²) in [5.74, 6) is -0.502. The molecule has 0 aliphatic carbocycles. The number of esters is 1. The van der Waals surface area contributed by atoms with Crippen LogP contribution in [0.15, 0.2) is 74.7 Å². The topological polar surface area (TPSA) is 61.2 Å². The lowest BCUT2D eigenvalue weighted by atomic mass is 10.1. The van der Waals surface area contributed by atoms with E-state index in [4.69, 9.17) is 4.74 Å². The molecule has 132 valence electrons. The zero-order chi connectivity index (χ0) is 18.5. The van der Waals surface area contributed by atoms with Crippen LogP contribution in [0, 0.1) is 0 Å². The number of hydrogen-bond acceptors (Lipinski definition) is 4. The first-order valence-corrected chi connectivity index (χ1v) is 9.35. The van der Waals surface area contributed by atoms with Crippen LogP contribution >= 0.6 is 31.9 Å². The summed E-state index contributed by atoms with van der Waals surface area (Å²) >= 11 is 6.52. The monoisotopic (exact) mass is 476 g/mol. The van der Waals surface area contributed by atoms with Gasteiger partial charge in [0, 0.05) is 5.56 Å². The molecule has 0 aliphatic rings. The lowest BCUT2D eigenvalue weighted by Crippen LogP contribution is -2.28. The molecule has 0 fully saturated rings. The Hall–Kier alpha value is -2.25. The summed E-state index contributed by atoms with van der Waals surface area (Å²) in [6.45, 7) is -0.0574. The second-order valence-electron chi connectivity index (χ2n) is 5.45. The van der Waals surface area contributed by atoms with Crippen LogP contribution in [0.3, 0.4) is 0 Å². The Morgan fingerprint density at radius 1 is 0.962 bits per heavy atom. The fourth-order valence-corrected chi connectivity index (χ4v) is 3.70. The lowest BCUT2D eigenvalue weighted by Gasteiger charge is -2.14. The Balaban J connectivity index is 1.89. The van der Waals surface area contributed by atoms with Gasteiger partial charge in [-0.25, -0.2) is 4.98 Å². The van der Waals surface area contributed by atoms with Crippen molar-refractivity contribution in [1.82, 2.24) is 9.55 Å². The van der Waals surface area contributed by atoms with Crippen molar-refractivity contribution in [3.63, 3.8) is 0 Å². The molecule has 1 aromatic heterocycles. The maximum absolute atomic E-state index is 12.5. The highest BCUT2D eigenvalue weighted by Crippen LogP contribution is 2.26. The average Bonchev–Trinajstić information content (AvgIpc) is 2.66. The van der Waals surface area contributed by atoms with Gasteiger partial charge < -0.3 is 4.74 Å². The lowest BCUT2D eigenvalue weighted by molar-refractivity contribution is -0.145. The predicted octanol–water partition coefficient (Wildman–Crippen LogP) is 4.18. The second-order valence-corrected chi connectivity index (χ2v) is 6.95. The number of hydrogen-bond donors (Lipinski definition) is 0. The van der Waals surface area contributed by atoms with Gasteiger partial charge in [-0.2, -0.15) is 0 Å². The summed E-state index contributed by atoms with van der Waals surface area (Å²) < 4.78 is 7.25. The van der Waals surface area contributed by atoms with Crippen LogP contribution in [0.4, 0.5) is 0 Å². The predicted molar refractivity (Wildman–Crippen MR) is 106 cm³/mol. The molecule has 0 radical (unpaired) electrons. The molecule has 3 rings (SSSR count). The molecular weight excluding hydrogens is 464 g/mol. The van der Waals surface area contributed by atoms with E-state index in [2.05, 4.69) is 36.8 Å². The second kappa shape index (κ2) is 8.42. The first-order chi connectivity index (χ1) is 12.6. The van der Waals surface area contributed by atoms with Crippen molar-refractivity contribution < 1.29 is 9.53 Å². The Labute approximate surface area is 166 Å². The van der Waals surface area contributed by atoms with E-state index in [1.54, 1.807) is 0 Å². The molecule has 0 amide bonds. The number of rotatable bonds is 5. The minimum Gasteiger partial charge on any atom is -0.459 e. The summed E-state index contributed by atoms with van der Waals surface area (Å²) in [5, 5.41) is 0. The summed E-state index contributed by atoms with van der Waals surface area (Å²) in [4.78, 5) is 29.0. The summed E-state index contributed by atoms with van der Waals surface area (Å²) in [6.07, 6.45) is 0. The number of halogens is 2. The number of carbonyl (C=O) groups is 1. The minimum absolute atomic E-state index is 0.125. The van der Waals surface area contributed by atoms with Crippen LogP contribution in [0.5, 0.6) is 0 Å². The van der Waals surface area contributed by atoms with E-state index in [9.17, 15) is 9.59 Å². The molecule has 26 heavy (non-hydrogen) atoms. The van der Waals surface area contributed by atoms with Crippen molar-refractivity contribution in [2.45, 2.75) is 13.2 Å². The Kier molecular flexibility index (Phi) is 6.00. The van der Waals surface area contributed by atoms with Gasteiger partial charge in [0.05, 0.1) is 5.69 Å². The van der Waals surface area contributed by atoms with Crippen LogP contribution in [0.25, 0.3) is 11.3 Å². The van der Waals surface area contributed by atoms with Crippen LogP contribution in [0.2, 0.25) is 0 Å². The van der Waals surface area contributed by atoms with E-state index in [0.717, 1.165) is 11.1 Å². The normalized spacial score (nSPS) is 10.5. The van der Waals surface area contributed by atoms with E-state index < -0.39 is 11.5 Å². The van der Waals surface area contributed by atoms with E-state index >= 15 is 0 Å². The smallest absolute Gasteiger partial charge is 0.326 e. The van der Waals surface area contributed by atoms with Crippen molar-refractivity contribution in [3.8, 4) is 11.3 Å². The molecule has 0 saturated heterocycles. The molecular formula is C19H14Br2N2O3. The van der Waals surface area contributed by atoms with Crippen molar-refractivity contribution in [3.05, 3.63) is 85.8 Å². The van der Waals surface area contributed by atoms with Crippen LogP contribution in [0.1, 0.15) is 5.56 Å². The number of benzene rings is 2. The summed E-state index contributed by atoms with van der Waals surface area (Å²) in [6, 6.07) is 18.7. The molecule has 5 nitrogen and oxygen atoms in total. The van der Waals surface area contributed by atoms with Gasteiger partial charge in [-0.3, -0.25) is 14.2 Å². The zero-order valence-corrected chi connectivity index (χ0v) is 16.7. The highest BCUT2D eigenvalue weighted by molar-refractivity contribution is 9.11. The Morgan fingerprint density at radius 2 is 1.58 bits per heavy atom. The Morgan fingerprint density at radius 3 is 2.23 bits per heavy atom. The summed E-state index contributed by atoms with van der Waals surface area (Å²) in [5.41, 5.74) is 1.78. The van der Waals surface area contributed by atoms with Gasteiger partial charge in [0.15, 0.2) is 4.60 Å². The number of aromatic nitrogens is 2. The van der Waals surface area contributed by atoms with Gasteiger partial charge in [-0.05, 0) is 37.4 Å². The fourth-order valence-electron chi connectivity index (χ4n) is 2.45. The molecule has 0 bridgehead atoms. The molecule has 2 aromatic carbocycles. The molecule has 3 aromatic rings. The first-order valence-electron chi connectivity index (χ1n) is 7.77. The van der Waals surface area contributed by atoms with Crippen molar-refractivity contribution >= 4 is 37.8 Å². The van der Waals surface area contributed by atoms with Gasteiger partial charge >= 0.3 is 5.97 Å². The average molecular weight is 478 g/mol. The van der Waals surface area contributed by atoms with Crippen LogP contribution in [-0.4, -0.2) is 15.5 Å². The van der Waals surface area contributed by atoms with E-state index in [1.807, 2.05) is 60.7 Å². The highest BCUT2D eigenvalue weighted by atomic mass is 79.9. The maximum Gasteiger partial charge on any atom is 0.326 e. The number of ether oxygens (including phenoxy) is 1. The number of carbonyl (C=O) groups excluding carboxylic acids is 1. The van der Waals surface area contributed by atoms with E-state index in [1.165, 1.54) is 4.57 Å². The molecule has 0 atom stereocenters. The minimum atomic E-state index is -0.502. The van der Waals surface area contributed by atoms with Gasteiger partial charge in [-0.1, -0.05) is 60.7 Å². The third kappa shape index (κ3) is 4.28. The van der Waals surface area contributed by atoms with Crippen molar-refractivity contribution in [2.24, 2.45) is 0 Å². The largest absolute Gasteiger partial charge is 0.459 e. The molecule has 1 heterocycles.